The summed E-state index contributed by atoms with van der Waals surface area (Å²) in [6, 6.07) is 2.55. The maximum Gasteiger partial charge on any atom is 0.0456 e. The number of hydrogen-bond acceptors (Lipinski definition) is 4. The van der Waals surface area contributed by atoms with Gasteiger partial charge in [-0.3, -0.25) is 0 Å². The Morgan fingerprint density at radius 2 is 2.12 bits per heavy atom. The van der Waals surface area contributed by atoms with E-state index in [1.165, 1.54) is 15.3 Å². The van der Waals surface area contributed by atoms with Crippen molar-refractivity contribution in [1.82, 2.24) is 10.2 Å². The normalized spacial score (nSPS) is 13.4. The van der Waals surface area contributed by atoms with E-state index in [1.54, 1.807) is 0 Å². The summed E-state index contributed by atoms with van der Waals surface area (Å²) in [7, 11) is 4.16. The molecule has 1 aromatic rings. The third kappa shape index (κ3) is 3.87. The van der Waals surface area contributed by atoms with E-state index < -0.39 is 0 Å². The SMILES string of the molecule is Cc1cc(C(CN)NCCN(C)C)c(C)s1. The van der Waals surface area contributed by atoms with Gasteiger partial charge in [0.1, 0.15) is 0 Å². The minimum atomic E-state index is 0.296. The van der Waals surface area contributed by atoms with Gasteiger partial charge in [0.05, 0.1) is 0 Å². The van der Waals surface area contributed by atoms with Crippen molar-refractivity contribution in [2.45, 2.75) is 19.9 Å². The fraction of sp³-hybridized carbons (Fsp3) is 0.667. The molecule has 0 fully saturated rings. The first-order valence-electron chi connectivity index (χ1n) is 5.69. The van der Waals surface area contributed by atoms with Gasteiger partial charge in [-0.15, -0.1) is 11.3 Å². The van der Waals surface area contributed by atoms with Gasteiger partial charge in [0.25, 0.3) is 0 Å². The molecule has 0 aliphatic carbocycles. The molecular formula is C12H23N3S. The summed E-state index contributed by atoms with van der Waals surface area (Å²) in [5.41, 5.74) is 7.19. The smallest absolute Gasteiger partial charge is 0.0456 e. The molecule has 16 heavy (non-hydrogen) atoms. The van der Waals surface area contributed by atoms with E-state index in [-0.39, 0.29) is 0 Å². The van der Waals surface area contributed by atoms with E-state index in [2.05, 4.69) is 44.2 Å². The average molecular weight is 241 g/mol. The van der Waals surface area contributed by atoms with Gasteiger partial charge in [0, 0.05) is 35.4 Å². The first kappa shape index (κ1) is 13.6. The second-order valence-corrected chi connectivity index (χ2v) is 5.87. The number of thiophene rings is 1. The number of likely N-dealkylation sites (N-methyl/N-ethyl adjacent to an activating group) is 1. The van der Waals surface area contributed by atoms with Crippen LogP contribution >= 0.6 is 11.3 Å². The molecule has 0 aliphatic heterocycles. The summed E-state index contributed by atoms with van der Waals surface area (Å²) in [6.07, 6.45) is 0. The maximum atomic E-state index is 5.83. The molecule has 1 rings (SSSR count). The van der Waals surface area contributed by atoms with Crippen LogP contribution in [-0.4, -0.2) is 38.6 Å². The van der Waals surface area contributed by atoms with Crippen molar-refractivity contribution >= 4 is 11.3 Å². The summed E-state index contributed by atoms with van der Waals surface area (Å²) in [4.78, 5) is 4.91. The quantitative estimate of drug-likeness (QED) is 0.793. The van der Waals surface area contributed by atoms with Crippen LogP contribution in [0.15, 0.2) is 6.07 Å². The molecule has 3 nitrogen and oxygen atoms in total. The maximum absolute atomic E-state index is 5.83. The standard InChI is InChI=1S/C12H23N3S/c1-9-7-11(10(2)16-9)12(8-13)14-5-6-15(3)4/h7,12,14H,5-6,8,13H2,1-4H3. The summed E-state index contributed by atoms with van der Waals surface area (Å²) in [5.74, 6) is 0. The predicted octanol–water partition coefficient (Wildman–Crippen LogP) is 1.52. The fourth-order valence-electron chi connectivity index (χ4n) is 1.78. The molecule has 1 unspecified atom stereocenters. The van der Waals surface area contributed by atoms with Crippen molar-refractivity contribution in [2.24, 2.45) is 5.73 Å². The molecule has 0 aliphatic rings. The second-order valence-electron chi connectivity index (χ2n) is 4.41. The first-order chi connectivity index (χ1) is 7.54. The summed E-state index contributed by atoms with van der Waals surface area (Å²) < 4.78 is 0. The molecule has 1 aromatic heterocycles. The minimum absolute atomic E-state index is 0.296. The van der Waals surface area contributed by atoms with Crippen LogP contribution in [0.3, 0.4) is 0 Å². The van der Waals surface area contributed by atoms with Crippen molar-refractivity contribution < 1.29 is 0 Å². The largest absolute Gasteiger partial charge is 0.329 e. The Hall–Kier alpha value is -0.420. The molecule has 0 aromatic carbocycles. The molecule has 0 spiro atoms. The van der Waals surface area contributed by atoms with Crippen LogP contribution < -0.4 is 11.1 Å². The van der Waals surface area contributed by atoms with Gasteiger partial charge < -0.3 is 16.0 Å². The molecule has 0 bridgehead atoms. The van der Waals surface area contributed by atoms with Gasteiger partial charge in [-0.25, -0.2) is 0 Å². The van der Waals surface area contributed by atoms with E-state index >= 15 is 0 Å². The highest BCUT2D eigenvalue weighted by molar-refractivity contribution is 7.12. The summed E-state index contributed by atoms with van der Waals surface area (Å²) in [5, 5.41) is 3.51. The molecule has 1 heterocycles. The van der Waals surface area contributed by atoms with Gasteiger partial charge in [0.2, 0.25) is 0 Å². The molecule has 0 radical (unpaired) electrons. The number of nitrogens with two attached hydrogens (primary N) is 1. The van der Waals surface area contributed by atoms with Crippen molar-refractivity contribution in [1.29, 1.82) is 0 Å². The Balaban J connectivity index is 2.57. The predicted molar refractivity (Wildman–Crippen MR) is 72.1 cm³/mol. The van der Waals surface area contributed by atoms with Crippen LogP contribution in [-0.2, 0) is 0 Å². The number of nitrogens with zero attached hydrogens (tertiary/aromatic N) is 1. The molecule has 4 heteroatoms. The van der Waals surface area contributed by atoms with Gasteiger partial charge in [0.15, 0.2) is 0 Å². The number of nitrogens with one attached hydrogen (secondary N) is 1. The highest BCUT2D eigenvalue weighted by atomic mass is 32.1. The molecule has 3 N–H and O–H groups in total. The number of aryl methyl sites for hydroxylation is 2. The Bertz CT molecular complexity index is 320. The molecule has 1 atom stereocenters. The lowest BCUT2D eigenvalue weighted by Crippen LogP contribution is -2.33. The van der Waals surface area contributed by atoms with E-state index in [4.69, 9.17) is 5.73 Å². The van der Waals surface area contributed by atoms with Crippen molar-refractivity contribution in [2.75, 3.05) is 33.7 Å². The van der Waals surface area contributed by atoms with Crippen LogP contribution in [0.4, 0.5) is 0 Å². The van der Waals surface area contributed by atoms with Crippen LogP contribution in [0.2, 0.25) is 0 Å². The van der Waals surface area contributed by atoms with Crippen molar-refractivity contribution in [3.05, 3.63) is 21.4 Å². The Morgan fingerprint density at radius 1 is 1.44 bits per heavy atom. The van der Waals surface area contributed by atoms with Gasteiger partial charge in [-0.2, -0.15) is 0 Å². The Morgan fingerprint density at radius 3 is 2.56 bits per heavy atom. The zero-order chi connectivity index (χ0) is 12.1. The topological polar surface area (TPSA) is 41.3 Å². The lowest BCUT2D eigenvalue weighted by atomic mass is 10.1. The molecular weight excluding hydrogens is 218 g/mol. The lowest BCUT2D eigenvalue weighted by molar-refractivity contribution is 0.385. The third-order valence-corrected chi connectivity index (χ3v) is 3.62. The lowest BCUT2D eigenvalue weighted by Gasteiger charge is -2.18. The summed E-state index contributed by atoms with van der Waals surface area (Å²) >= 11 is 1.85. The van der Waals surface area contributed by atoms with Crippen LogP contribution in [0.1, 0.15) is 21.4 Å². The Labute approximate surface area is 103 Å². The van der Waals surface area contributed by atoms with Crippen molar-refractivity contribution in [3.8, 4) is 0 Å². The van der Waals surface area contributed by atoms with Crippen LogP contribution in [0, 0.1) is 13.8 Å². The van der Waals surface area contributed by atoms with Crippen LogP contribution in [0.25, 0.3) is 0 Å². The van der Waals surface area contributed by atoms with E-state index in [0.29, 0.717) is 12.6 Å². The zero-order valence-corrected chi connectivity index (χ0v) is 11.5. The number of rotatable bonds is 6. The highest BCUT2D eigenvalue weighted by Crippen LogP contribution is 2.25. The highest BCUT2D eigenvalue weighted by Gasteiger charge is 2.13. The monoisotopic (exact) mass is 241 g/mol. The first-order valence-corrected chi connectivity index (χ1v) is 6.51. The zero-order valence-electron chi connectivity index (χ0n) is 10.7. The van der Waals surface area contributed by atoms with Gasteiger partial charge in [-0.1, -0.05) is 0 Å². The van der Waals surface area contributed by atoms with Gasteiger partial charge in [-0.05, 0) is 39.6 Å². The van der Waals surface area contributed by atoms with Gasteiger partial charge >= 0.3 is 0 Å². The second kappa shape index (κ2) is 6.35. The van der Waals surface area contributed by atoms with Crippen LogP contribution in [0.5, 0.6) is 0 Å². The molecule has 0 amide bonds. The van der Waals surface area contributed by atoms with E-state index in [1.807, 2.05) is 11.3 Å². The Kier molecular flexibility index (Phi) is 5.41. The van der Waals surface area contributed by atoms with E-state index in [9.17, 15) is 0 Å². The third-order valence-electron chi connectivity index (χ3n) is 2.64. The number of hydrogen-bond donors (Lipinski definition) is 2. The molecule has 0 saturated carbocycles. The molecule has 0 saturated heterocycles. The summed E-state index contributed by atoms with van der Waals surface area (Å²) in [6.45, 7) is 6.99. The van der Waals surface area contributed by atoms with Crippen molar-refractivity contribution in [3.63, 3.8) is 0 Å². The van der Waals surface area contributed by atoms with E-state index in [0.717, 1.165) is 13.1 Å². The molecule has 92 valence electrons. The minimum Gasteiger partial charge on any atom is -0.329 e. The average Bonchev–Trinajstić information content (AvgIpc) is 2.52. The fourth-order valence-corrected chi connectivity index (χ4v) is 2.77.